The van der Waals surface area contributed by atoms with Gasteiger partial charge in [-0.1, -0.05) is 30.3 Å². The summed E-state index contributed by atoms with van der Waals surface area (Å²) in [6.45, 7) is 6.98. The fraction of sp³-hybridized carbons (Fsp3) is 0.348. The molecule has 4 rings (SSSR count). The van der Waals surface area contributed by atoms with Crippen LogP contribution in [0.15, 0.2) is 60.8 Å². The maximum Gasteiger partial charge on any atom is 0.119 e. The summed E-state index contributed by atoms with van der Waals surface area (Å²) in [5.41, 5.74) is 4.33. The summed E-state index contributed by atoms with van der Waals surface area (Å²) in [4.78, 5) is 2.45. The molecular formula is C23H27N3O2. The van der Waals surface area contributed by atoms with Gasteiger partial charge in [-0.15, -0.1) is 0 Å². The highest BCUT2D eigenvalue weighted by atomic mass is 16.5. The summed E-state index contributed by atoms with van der Waals surface area (Å²) in [6, 6.07) is 18.4. The molecule has 0 radical (unpaired) electrons. The van der Waals surface area contributed by atoms with Gasteiger partial charge in [-0.3, -0.25) is 4.90 Å². The molecule has 0 spiro atoms. The smallest absolute Gasteiger partial charge is 0.119 e. The molecule has 146 valence electrons. The largest absolute Gasteiger partial charge is 0.497 e. The fourth-order valence-electron chi connectivity index (χ4n) is 3.91. The Kier molecular flexibility index (Phi) is 5.46. The minimum Gasteiger partial charge on any atom is -0.497 e. The zero-order chi connectivity index (χ0) is 19.5. The van der Waals surface area contributed by atoms with Gasteiger partial charge in [0.15, 0.2) is 0 Å². The first-order chi connectivity index (χ1) is 13.6. The van der Waals surface area contributed by atoms with Crippen LogP contribution in [0.3, 0.4) is 0 Å². The van der Waals surface area contributed by atoms with Crippen LogP contribution in [0.2, 0.25) is 0 Å². The van der Waals surface area contributed by atoms with Gasteiger partial charge in [-0.2, -0.15) is 5.10 Å². The zero-order valence-electron chi connectivity index (χ0n) is 16.7. The number of benzene rings is 2. The molecule has 1 fully saturated rings. The Hall–Kier alpha value is -2.63. The maximum atomic E-state index is 5.89. The fourth-order valence-corrected chi connectivity index (χ4v) is 3.91. The molecule has 1 aromatic heterocycles. The van der Waals surface area contributed by atoms with Crippen LogP contribution in [-0.4, -0.2) is 47.1 Å². The number of aromatic nitrogens is 2. The van der Waals surface area contributed by atoms with Crippen LogP contribution in [0.1, 0.15) is 19.4 Å². The second-order valence-electron chi connectivity index (χ2n) is 7.47. The van der Waals surface area contributed by atoms with Crippen molar-refractivity contribution in [1.82, 2.24) is 14.7 Å². The molecule has 2 aromatic carbocycles. The average Bonchev–Trinajstić information content (AvgIpc) is 3.12. The van der Waals surface area contributed by atoms with Gasteiger partial charge in [0.1, 0.15) is 5.75 Å². The van der Waals surface area contributed by atoms with Crippen LogP contribution < -0.4 is 4.74 Å². The molecular weight excluding hydrogens is 350 g/mol. The lowest BCUT2D eigenvalue weighted by Gasteiger charge is -2.35. The van der Waals surface area contributed by atoms with Crippen LogP contribution in [0.25, 0.3) is 16.9 Å². The Labute approximate surface area is 166 Å². The molecule has 0 saturated carbocycles. The zero-order valence-corrected chi connectivity index (χ0v) is 16.7. The van der Waals surface area contributed by atoms with E-state index in [9.17, 15) is 0 Å². The summed E-state index contributed by atoms with van der Waals surface area (Å²) in [5.74, 6) is 0.839. The van der Waals surface area contributed by atoms with Gasteiger partial charge < -0.3 is 9.47 Å². The first-order valence-electron chi connectivity index (χ1n) is 9.78. The first kappa shape index (κ1) is 18.7. The summed E-state index contributed by atoms with van der Waals surface area (Å²) in [7, 11) is 1.69. The number of nitrogens with zero attached hydrogens (tertiary/aromatic N) is 3. The Morgan fingerprint density at radius 2 is 1.79 bits per heavy atom. The molecule has 28 heavy (non-hydrogen) atoms. The predicted molar refractivity (Wildman–Crippen MR) is 111 cm³/mol. The molecule has 0 N–H and O–H groups in total. The number of morpholine rings is 1. The highest BCUT2D eigenvalue weighted by Crippen LogP contribution is 2.28. The summed E-state index contributed by atoms with van der Waals surface area (Å²) >= 11 is 0. The molecule has 1 aliphatic rings. The third-order valence-corrected chi connectivity index (χ3v) is 5.04. The van der Waals surface area contributed by atoms with E-state index in [0.29, 0.717) is 0 Å². The highest BCUT2D eigenvalue weighted by molar-refractivity contribution is 5.65. The van der Waals surface area contributed by atoms with Gasteiger partial charge in [0.05, 0.1) is 30.7 Å². The van der Waals surface area contributed by atoms with Crippen molar-refractivity contribution in [1.29, 1.82) is 0 Å². The second kappa shape index (κ2) is 8.17. The van der Waals surface area contributed by atoms with E-state index in [-0.39, 0.29) is 12.2 Å². The van der Waals surface area contributed by atoms with E-state index in [1.54, 1.807) is 7.11 Å². The topological polar surface area (TPSA) is 39.5 Å². The molecule has 1 aliphatic heterocycles. The number of hydrogen-bond acceptors (Lipinski definition) is 4. The Morgan fingerprint density at radius 1 is 1.04 bits per heavy atom. The average molecular weight is 377 g/mol. The summed E-state index contributed by atoms with van der Waals surface area (Å²) in [6.07, 6.45) is 2.64. The van der Waals surface area contributed by atoms with E-state index in [4.69, 9.17) is 14.6 Å². The number of ether oxygens (including phenoxy) is 2. The van der Waals surface area contributed by atoms with E-state index >= 15 is 0 Å². The number of methoxy groups -OCH3 is 1. The minimum atomic E-state index is 0.244. The normalized spacial score (nSPS) is 20.2. The van der Waals surface area contributed by atoms with E-state index in [2.05, 4.69) is 43.1 Å². The lowest BCUT2D eigenvalue weighted by Crippen LogP contribution is -2.44. The molecule has 2 atom stereocenters. The third-order valence-electron chi connectivity index (χ3n) is 5.04. The Balaban J connectivity index is 1.71. The van der Waals surface area contributed by atoms with Gasteiger partial charge in [0.25, 0.3) is 0 Å². The molecule has 2 heterocycles. The number of rotatable bonds is 5. The molecule has 5 nitrogen and oxygen atoms in total. The second-order valence-corrected chi connectivity index (χ2v) is 7.47. The van der Waals surface area contributed by atoms with Gasteiger partial charge in [0, 0.05) is 37.0 Å². The van der Waals surface area contributed by atoms with Crippen molar-refractivity contribution in [3.63, 3.8) is 0 Å². The van der Waals surface area contributed by atoms with Crippen molar-refractivity contribution in [2.45, 2.75) is 32.6 Å². The summed E-state index contributed by atoms with van der Waals surface area (Å²) in [5, 5.41) is 4.93. The monoisotopic (exact) mass is 377 g/mol. The quantitative estimate of drug-likeness (QED) is 0.669. The maximum absolute atomic E-state index is 5.89. The molecule has 1 saturated heterocycles. The molecule has 0 unspecified atom stereocenters. The van der Waals surface area contributed by atoms with Crippen molar-refractivity contribution in [2.24, 2.45) is 0 Å². The molecule has 0 bridgehead atoms. The van der Waals surface area contributed by atoms with Crippen LogP contribution in [0.4, 0.5) is 0 Å². The van der Waals surface area contributed by atoms with E-state index in [1.807, 2.05) is 41.1 Å². The number of para-hydroxylation sites is 1. The Morgan fingerprint density at radius 3 is 2.50 bits per heavy atom. The van der Waals surface area contributed by atoms with Crippen molar-refractivity contribution < 1.29 is 9.47 Å². The first-order valence-corrected chi connectivity index (χ1v) is 9.78. The Bertz CT molecular complexity index is 913. The molecule has 3 aromatic rings. The van der Waals surface area contributed by atoms with Gasteiger partial charge >= 0.3 is 0 Å². The SMILES string of the molecule is COc1cccc(-c2nn(-c3ccccc3)cc2CN2C[C@@H](C)O[C@@H](C)C2)c1. The number of hydrogen-bond donors (Lipinski definition) is 0. The van der Waals surface area contributed by atoms with Gasteiger partial charge in [-0.05, 0) is 38.1 Å². The third kappa shape index (κ3) is 4.11. The van der Waals surface area contributed by atoms with Gasteiger partial charge in [0.2, 0.25) is 0 Å². The van der Waals surface area contributed by atoms with Gasteiger partial charge in [-0.25, -0.2) is 4.68 Å². The summed E-state index contributed by atoms with van der Waals surface area (Å²) < 4.78 is 13.3. The van der Waals surface area contributed by atoms with Crippen molar-refractivity contribution in [3.05, 3.63) is 66.4 Å². The minimum absolute atomic E-state index is 0.244. The van der Waals surface area contributed by atoms with Crippen molar-refractivity contribution in [2.75, 3.05) is 20.2 Å². The lowest BCUT2D eigenvalue weighted by atomic mass is 10.1. The van der Waals surface area contributed by atoms with Crippen LogP contribution in [0, 0.1) is 0 Å². The van der Waals surface area contributed by atoms with Crippen molar-refractivity contribution in [3.8, 4) is 22.7 Å². The van der Waals surface area contributed by atoms with Crippen LogP contribution in [-0.2, 0) is 11.3 Å². The molecule has 0 aliphatic carbocycles. The van der Waals surface area contributed by atoms with Crippen LogP contribution >= 0.6 is 0 Å². The van der Waals surface area contributed by atoms with Crippen LogP contribution in [0.5, 0.6) is 5.75 Å². The van der Waals surface area contributed by atoms with E-state index in [1.165, 1.54) is 5.56 Å². The van der Waals surface area contributed by atoms with E-state index in [0.717, 1.165) is 42.3 Å². The highest BCUT2D eigenvalue weighted by Gasteiger charge is 2.24. The van der Waals surface area contributed by atoms with Crippen molar-refractivity contribution >= 4 is 0 Å². The molecule has 0 amide bonds. The van der Waals surface area contributed by atoms with E-state index < -0.39 is 0 Å². The predicted octanol–water partition coefficient (Wildman–Crippen LogP) is 4.16. The molecule has 5 heteroatoms. The standard InChI is InChI=1S/C23H27N3O2/c1-17-13-25(14-18(2)28-17)15-20-16-26(21-9-5-4-6-10-21)24-23(20)19-8-7-11-22(12-19)27-3/h4-12,16-18H,13-15H2,1-3H3/t17-,18+. The lowest BCUT2D eigenvalue weighted by molar-refractivity contribution is -0.0704.